The maximum atomic E-state index is 13.7. The number of primary amides is 1. The molecule has 1 amide bonds. The first-order valence-electron chi connectivity index (χ1n) is 12.7. The van der Waals surface area contributed by atoms with E-state index in [-0.39, 0.29) is 31.2 Å². The van der Waals surface area contributed by atoms with E-state index in [1.807, 2.05) is 13.8 Å². The Kier molecular flexibility index (Phi) is 7.08. The van der Waals surface area contributed by atoms with Gasteiger partial charge in [0.25, 0.3) is 5.91 Å². The highest BCUT2D eigenvalue weighted by Gasteiger charge is 2.54. The zero-order valence-corrected chi connectivity index (χ0v) is 21.9. The van der Waals surface area contributed by atoms with Gasteiger partial charge in [-0.15, -0.1) is 0 Å². The minimum absolute atomic E-state index is 0.0531. The van der Waals surface area contributed by atoms with Crippen LogP contribution in [0.25, 0.3) is 22.6 Å². The Bertz CT molecular complexity index is 1360. The molecule has 12 heteroatoms. The van der Waals surface area contributed by atoms with Crippen molar-refractivity contribution in [2.24, 2.45) is 17.1 Å². The Morgan fingerprint density at radius 2 is 1.85 bits per heavy atom. The number of aromatic amines is 1. The van der Waals surface area contributed by atoms with E-state index in [0.717, 1.165) is 12.8 Å². The Morgan fingerprint density at radius 1 is 1.15 bits per heavy atom. The number of carbonyl (C=O) groups is 2. The number of H-pyrrole nitrogens is 1. The van der Waals surface area contributed by atoms with E-state index < -0.39 is 28.9 Å². The summed E-state index contributed by atoms with van der Waals surface area (Å²) in [5.74, 6) is -3.64. The quantitative estimate of drug-likeness (QED) is 0.391. The number of nitrogens with two attached hydrogens (primary N) is 1. The Balaban J connectivity index is 1.51. The number of ether oxygens (including phenoxy) is 4. The highest BCUT2D eigenvalue weighted by Crippen LogP contribution is 2.40. The van der Waals surface area contributed by atoms with E-state index in [9.17, 15) is 14.0 Å². The van der Waals surface area contributed by atoms with Crippen LogP contribution < -0.4 is 10.5 Å². The molecule has 1 aliphatic carbocycles. The molecule has 2 aliphatic rings. The van der Waals surface area contributed by atoms with Crippen molar-refractivity contribution in [1.82, 2.24) is 19.9 Å². The molecule has 2 fully saturated rings. The van der Waals surface area contributed by atoms with Gasteiger partial charge in [0.1, 0.15) is 11.2 Å². The summed E-state index contributed by atoms with van der Waals surface area (Å²) in [6.45, 7) is 5.29. The van der Waals surface area contributed by atoms with Gasteiger partial charge < -0.3 is 29.7 Å². The highest BCUT2D eigenvalue weighted by molar-refractivity contribution is 5.85. The normalized spacial score (nSPS) is 23.0. The summed E-state index contributed by atoms with van der Waals surface area (Å²) in [5, 5.41) is 0. The van der Waals surface area contributed by atoms with Crippen molar-refractivity contribution in [2.45, 2.75) is 45.5 Å². The number of esters is 1. The monoisotopic (exact) mass is 539 g/mol. The summed E-state index contributed by atoms with van der Waals surface area (Å²) in [5.41, 5.74) is 6.27. The number of hydrogen-bond donors (Lipinski definition) is 2. The predicted molar refractivity (Wildman–Crippen MR) is 135 cm³/mol. The Labute approximate surface area is 224 Å². The molecular weight excluding hydrogens is 509 g/mol. The maximum absolute atomic E-state index is 13.7. The third-order valence-corrected chi connectivity index (χ3v) is 6.52. The van der Waals surface area contributed by atoms with Crippen molar-refractivity contribution in [1.29, 1.82) is 0 Å². The number of halogens is 1. The van der Waals surface area contributed by atoms with Gasteiger partial charge in [0.2, 0.25) is 0 Å². The van der Waals surface area contributed by atoms with E-state index in [1.165, 1.54) is 30.5 Å². The molecule has 0 radical (unpaired) electrons. The third-order valence-electron chi connectivity index (χ3n) is 6.52. The second-order valence-corrected chi connectivity index (χ2v) is 10.4. The lowest BCUT2D eigenvalue weighted by atomic mass is 9.91. The van der Waals surface area contributed by atoms with Crippen molar-refractivity contribution in [3.8, 4) is 28.7 Å². The van der Waals surface area contributed by atoms with Crippen molar-refractivity contribution in [2.75, 3.05) is 19.8 Å². The van der Waals surface area contributed by atoms with E-state index in [4.69, 9.17) is 24.7 Å². The molecule has 0 unspecified atom stereocenters. The fraction of sp³-hybridized carbons (Fsp3) is 0.444. The number of amides is 1. The van der Waals surface area contributed by atoms with E-state index >= 15 is 0 Å². The van der Waals surface area contributed by atoms with Crippen LogP contribution in [0.4, 0.5) is 4.39 Å². The third kappa shape index (κ3) is 5.48. The molecular formula is C27H30FN5O6. The predicted octanol–water partition coefficient (Wildman–Crippen LogP) is 3.10. The first-order valence-corrected chi connectivity index (χ1v) is 12.7. The number of nitrogens with zero attached hydrogens (tertiary/aromatic N) is 3. The molecule has 11 nitrogen and oxygen atoms in total. The molecule has 206 valence electrons. The summed E-state index contributed by atoms with van der Waals surface area (Å²) >= 11 is 0. The summed E-state index contributed by atoms with van der Waals surface area (Å²) < 4.78 is 36.6. The number of aromatic nitrogens is 4. The molecule has 2 aromatic heterocycles. The van der Waals surface area contributed by atoms with Gasteiger partial charge in [0.15, 0.2) is 5.82 Å². The molecule has 3 aromatic rings. The van der Waals surface area contributed by atoms with E-state index in [2.05, 4.69) is 19.9 Å². The summed E-state index contributed by atoms with van der Waals surface area (Å²) in [7, 11) is 0. The molecule has 0 spiro atoms. The van der Waals surface area contributed by atoms with Crippen LogP contribution in [0.3, 0.4) is 0 Å². The number of carbonyl (C=O) groups excluding carboxylic acids is 2. The molecule has 1 aromatic carbocycles. The lowest BCUT2D eigenvalue weighted by Crippen LogP contribution is -2.56. The summed E-state index contributed by atoms with van der Waals surface area (Å²) in [6, 6.07) is 7.42. The molecule has 1 saturated carbocycles. The SMILES string of the molecule is CC(C)Oc1nccc(-c2[nH]c(C3(C(N)=O)OCC(C)(C(=O)OCC4CC4)CO3)nc2-c2ccc(F)cc2)n1. The Hall–Kier alpha value is -3.90. The Morgan fingerprint density at radius 3 is 2.46 bits per heavy atom. The standard InChI is InChI=1S/C27H30FN5O6/c1-15(2)39-25-30-11-10-19(31-25)21-20(17-6-8-18(28)9-7-17)32-23(33-21)27(22(29)34)37-13-26(3,14-38-27)24(35)36-12-16-4-5-16/h6-11,15-16H,4-5,12-14H2,1-3H3,(H2,29,34)(H,32,33). The molecule has 1 aliphatic heterocycles. The number of hydrogen-bond acceptors (Lipinski definition) is 9. The van der Waals surface area contributed by atoms with Crippen molar-refractivity contribution in [3.05, 3.63) is 48.2 Å². The average Bonchev–Trinajstić information content (AvgIpc) is 3.63. The zero-order chi connectivity index (χ0) is 27.8. The van der Waals surface area contributed by atoms with Gasteiger partial charge in [0.05, 0.1) is 43.0 Å². The minimum Gasteiger partial charge on any atom is -0.465 e. The first-order chi connectivity index (χ1) is 18.6. The van der Waals surface area contributed by atoms with Gasteiger partial charge >= 0.3 is 17.8 Å². The first kappa shape index (κ1) is 26.7. The van der Waals surface area contributed by atoms with Crippen molar-refractivity contribution in [3.63, 3.8) is 0 Å². The van der Waals surface area contributed by atoms with Gasteiger partial charge in [-0.2, -0.15) is 4.98 Å². The number of rotatable bonds is 9. The molecule has 39 heavy (non-hydrogen) atoms. The second kappa shape index (κ2) is 10.3. The number of imidazole rings is 1. The molecule has 3 heterocycles. The van der Waals surface area contributed by atoms with Gasteiger partial charge in [-0.3, -0.25) is 9.59 Å². The fourth-order valence-electron chi connectivity index (χ4n) is 4.05. The van der Waals surface area contributed by atoms with Crippen molar-refractivity contribution >= 4 is 11.9 Å². The van der Waals surface area contributed by atoms with Gasteiger partial charge in [0, 0.05) is 11.8 Å². The lowest BCUT2D eigenvalue weighted by molar-refractivity contribution is -0.293. The summed E-state index contributed by atoms with van der Waals surface area (Å²) in [4.78, 5) is 41.8. The maximum Gasteiger partial charge on any atom is 0.317 e. The van der Waals surface area contributed by atoms with Crippen LogP contribution in [0.1, 0.15) is 39.4 Å². The number of benzene rings is 1. The van der Waals surface area contributed by atoms with E-state index in [1.54, 1.807) is 13.0 Å². The van der Waals surface area contributed by atoms with Gasteiger partial charge in [-0.05, 0) is 69.9 Å². The van der Waals surface area contributed by atoms with Crippen LogP contribution in [0.2, 0.25) is 0 Å². The highest BCUT2D eigenvalue weighted by atomic mass is 19.1. The van der Waals surface area contributed by atoms with Crippen LogP contribution in [0.5, 0.6) is 6.01 Å². The molecule has 0 bridgehead atoms. The van der Waals surface area contributed by atoms with Crippen LogP contribution >= 0.6 is 0 Å². The molecule has 0 atom stereocenters. The number of nitrogens with one attached hydrogen (secondary N) is 1. The van der Waals surface area contributed by atoms with Crippen LogP contribution in [-0.4, -0.2) is 57.7 Å². The fourth-order valence-corrected chi connectivity index (χ4v) is 4.05. The average molecular weight is 540 g/mol. The topological polar surface area (TPSA) is 152 Å². The molecule has 5 rings (SSSR count). The van der Waals surface area contributed by atoms with Gasteiger partial charge in [-0.1, -0.05) is 0 Å². The van der Waals surface area contributed by atoms with Crippen LogP contribution in [0, 0.1) is 17.2 Å². The molecule has 3 N–H and O–H groups in total. The van der Waals surface area contributed by atoms with Crippen molar-refractivity contribution < 1.29 is 32.9 Å². The minimum atomic E-state index is -2.12. The van der Waals surface area contributed by atoms with Crippen LogP contribution in [0.15, 0.2) is 36.5 Å². The molecule has 1 saturated heterocycles. The van der Waals surface area contributed by atoms with E-state index in [0.29, 0.717) is 35.2 Å². The lowest BCUT2D eigenvalue weighted by Gasteiger charge is -2.40. The largest absolute Gasteiger partial charge is 0.465 e. The second-order valence-electron chi connectivity index (χ2n) is 10.4. The smallest absolute Gasteiger partial charge is 0.317 e. The van der Waals surface area contributed by atoms with Gasteiger partial charge in [-0.25, -0.2) is 14.4 Å². The zero-order valence-electron chi connectivity index (χ0n) is 21.9. The van der Waals surface area contributed by atoms with Crippen LogP contribution in [-0.2, 0) is 29.6 Å². The summed E-state index contributed by atoms with van der Waals surface area (Å²) in [6.07, 6.45) is 3.43.